The van der Waals surface area contributed by atoms with E-state index in [-0.39, 0.29) is 29.7 Å². The van der Waals surface area contributed by atoms with Crippen molar-refractivity contribution in [2.45, 2.75) is 32.4 Å². The summed E-state index contributed by atoms with van der Waals surface area (Å²) in [6, 6.07) is 7.86. The lowest BCUT2D eigenvalue weighted by molar-refractivity contribution is 0.322. The Balaban J connectivity index is 0.00000576. The fourth-order valence-corrected chi connectivity index (χ4v) is 2.79. The molecular formula is C17H30IN3O3S. The van der Waals surface area contributed by atoms with Crippen LogP contribution in [0, 0.1) is 6.92 Å². The van der Waals surface area contributed by atoms with Gasteiger partial charge in [0, 0.05) is 13.6 Å². The number of ether oxygens (including phenoxy) is 1. The van der Waals surface area contributed by atoms with Gasteiger partial charge in [-0.25, -0.2) is 8.42 Å². The SMILES string of the molecule is CN=C(NCCOc1ccc(C)cc1)NCCS(=O)(=O)C(C)(C)C.I. The van der Waals surface area contributed by atoms with E-state index in [9.17, 15) is 8.42 Å². The molecule has 144 valence electrons. The molecule has 0 saturated carbocycles. The van der Waals surface area contributed by atoms with E-state index in [2.05, 4.69) is 15.6 Å². The van der Waals surface area contributed by atoms with Crippen molar-refractivity contribution in [2.75, 3.05) is 32.5 Å². The molecule has 0 aliphatic rings. The summed E-state index contributed by atoms with van der Waals surface area (Å²) in [5.74, 6) is 1.45. The highest BCUT2D eigenvalue weighted by Gasteiger charge is 2.28. The minimum Gasteiger partial charge on any atom is -0.492 e. The van der Waals surface area contributed by atoms with Crippen LogP contribution in [-0.2, 0) is 9.84 Å². The van der Waals surface area contributed by atoms with Gasteiger partial charge in [0.1, 0.15) is 12.4 Å². The highest BCUT2D eigenvalue weighted by atomic mass is 127. The van der Waals surface area contributed by atoms with E-state index in [1.807, 2.05) is 31.2 Å². The Morgan fingerprint density at radius 2 is 1.68 bits per heavy atom. The molecule has 0 radical (unpaired) electrons. The van der Waals surface area contributed by atoms with Crippen molar-refractivity contribution in [2.24, 2.45) is 4.99 Å². The summed E-state index contributed by atoms with van der Waals surface area (Å²) in [4.78, 5) is 4.07. The van der Waals surface area contributed by atoms with Gasteiger partial charge in [-0.1, -0.05) is 17.7 Å². The molecule has 2 N–H and O–H groups in total. The maximum absolute atomic E-state index is 12.0. The van der Waals surface area contributed by atoms with Crippen LogP contribution < -0.4 is 15.4 Å². The van der Waals surface area contributed by atoms with Crippen LogP contribution in [-0.4, -0.2) is 51.6 Å². The van der Waals surface area contributed by atoms with Crippen molar-refractivity contribution in [1.82, 2.24) is 10.6 Å². The second-order valence-corrected chi connectivity index (χ2v) is 9.38. The molecule has 0 spiro atoms. The van der Waals surface area contributed by atoms with Crippen molar-refractivity contribution >= 4 is 39.8 Å². The second-order valence-electron chi connectivity index (χ2n) is 6.52. The van der Waals surface area contributed by atoms with Crippen LogP contribution >= 0.6 is 24.0 Å². The van der Waals surface area contributed by atoms with E-state index in [1.54, 1.807) is 27.8 Å². The van der Waals surface area contributed by atoms with Crippen molar-refractivity contribution in [3.63, 3.8) is 0 Å². The Hall–Kier alpha value is -1.03. The van der Waals surface area contributed by atoms with Crippen LogP contribution in [0.3, 0.4) is 0 Å². The van der Waals surface area contributed by atoms with Gasteiger partial charge in [-0.3, -0.25) is 4.99 Å². The first kappa shape index (κ1) is 24.0. The molecule has 0 saturated heterocycles. The molecule has 1 aromatic carbocycles. The fraction of sp³-hybridized carbons (Fsp3) is 0.588. The maximum atomic E-state index is 12.0. The Kier molecular flexibility index (Phi) is 10.4. The standard InChI is InChI=1S/C17H29N3O3S.HI/c1-14-6-8-15(9-7-14)23-12-10-19-16(18-5)20-11-13-24(21,22)17(2,3)4;/h6-9H,10-13H2,1-5H3,(H2,18,19,20);1H. The number of aliphatic imine (C=N–C) groups is 1. The van der Waals surface area contributed by atoms with Crippen molar-refractivity contribution in [3.8, 4) is 5.75 Å². The van der Waals surface area contributed by atoms with Crippen molar-refractivity contribution < 1.29 is 13.2 Å². The van der Waals surface area contributed by atoms with Gasteiger partial charge in [-0.2, -0.15) is 0 Å². The smallest absolute Gasteiger partial charge is 0.191 e. The minimum atomic E-state index is -3.14. The van der Waals surface area contributed by atoms with Gasteiger partial charge in [0.15, 0.2) is 15.8 Å². The predicted octanol–water partition coefficient (Wildman–Crippen LogP) is 2.37. The first-order valence-electron chi connectivity index (χ1n) is 8.02. The van der Waals surface area contributed by atoms with Crippen LogP contribution in [0.25, 0.3) is 0 Å². The van der Waals surface area contributed by atoms with Gasteiger partial charge in [0.05, 0.1) is 17.0 Å². The van der Waals surface area contributed by atoms with Gasteiger partial charge in [0.2, 0.25) is 0 Å². The van der Waals surface area contributed by atoms with Crippen LogP contribution in [0.1, 0.15) is 26.3 Å². The molecule has 0 heterocycles. The van der Waals surface area contributed by atoms with E-state index in [0.717, 1.165) is 5.75 Å². The molecule has 0 unspecified atom stereocenters. The normalized spacial score (nSPS) is 12.3. The lowest BCUT2D eigenvalue weighted by Crippen LogP contribution is -2.42. The molecule has 0 fully saturated rings. The molecule has 0 aliphatic heterocycles. The lowest BCUT2D eigenvalue weighted by Gasteiger charge is -2.19. The first-order chi connectivity index (χ1) is 11.2. The summed E-state index contributed by atoms with van der Waals surface area (Å²) in [5.41, 5.74) is 1.19. The third-order valence-electron chi connectivity index (χ3n) is 3.50. The molecule has 0 bridgehead atoms. The van der Waals surface area contributed by atoms with Gasteiger partial charge >= 0.3 is 0 Å². The lowest BCUT2D eigenvalue weighted by atomic mass is 10.2. The minimum absolute atomic E-state index is 0. The number of aryl methyl sites for hydroxylation is 1. The zero-order valence-corrected chi connectivity index (χ0v) is 18.8. The van der Waals surface area contributed by atoms with Crippen LogP contribution in [0.15, 0.2) is 29.3 Å². The summed E-state index contributed by atoms with van der Waals surface area (Å²) >= 11 is 0. The third kappa shape index (κ3) is 8.75. The van der Waals surface area contributed by atoms with Gasteiger partial charge in [-0.05, 0) is 39.8 Å². The monoisotopic (exact) mass is 483 g/mol. The van der Waals surface area contributed by atoms with Crippen LogP contribution in [0.2, 0.25) is 0 Å². The number of guanidine groups is 1. The predicted molar refractivity (Wildman–Crippen MR) is 115 cm³/mol. The number of nitrogens with zero attached hydrogens (tertiary/aromatic N) is 1. The molecular weight excluding hydrogens is 453 g/mol. The Labute approximate surface area is 168 Å². The number of benzene rings is 1. The molecule has 6 nitrogen and oxygen atoms in total. The molecule has 0 aromatic heterocycles. The third-order valence-corrected chi connectivity index (χ3v) is 6.11. The molecule has 0 aliphatic carbocycles. The second kappa shape index (κ2) is 10.8. The van der Waals surface area contributed by atoms with Crippen LogP contribution in [0.5, 0.6) is 5.75 Å². The quantitative estimate of drug-likeness (QED) is 0.270. The average molecular weight is 483 g/mol. The molecule has 1 aromatic rings. The van der Waals surface area contributed by atoms with E-state index in [0.29, 0.717) is 25.7 Å². The maximum Gasteiger partial charge on any atom is 0.191 e. The van der Waals surface area contributed by atoms with Gasteiger partial charge in [-0.15, -0.1) is 24.0 Å². The average Bonchev–Trinajstić information content (AvgIpc) is 2.50. The summed E-state index contributed by atoms with van der Waals surface area (Å²) in [6.07, 6.45) is 0. The topological polar surface area (TPSA) is 79.8 Å². The van der Waals surface area contributed by atoms with Gasteiger partial charge in [0.25, 0.3) is 0 Å². The number of sulfone groups is 1. The highest BCUT2D eigenvalue weighted by molar-refractivity contribution is 14.0. The largest absolute Gasteiger partial charge is 0.492 e. The Morgan fingerprint density at radius 1 is 1.12 bits per heavy atom. The fourth-order valence-electron chi connectivity index (χ4n) is 1.80. The Morgan fingerprint density at radius 3 is 2.20 bits per heavy atom. The van der Waals surface area contributed by atoms with E-state index < -0.39 is 14.6 Å². The molecule has 1 rings (SSSR count). The zero-order valence-electron chi connectivity index (χ0n) is 15.6. The number of halogens is 1. The summed E-state index contributed by atoms with van der Waals surface area (Å²) in [5, 5.41) is 6.10. The Bertz CT molecular complexity index is 638. The number of hydrogen-bond acceptors (Lipinski definition) is 4. The molecule has 8 heteroatoms. The number of hydrogen-bond donors (Lipinski definition) is 2. The first-order valence-corrected chi connectivity index (χ1v) is 9.67. The molecule has 25 heavy (non-hydrogen) atoms. The number of rotatable bonds is 7. The molecule has 0 amide bonds. The summed E-state index contributed by atoms with van der Waals surface area (Å²) in [6.45, 7) is 8.52. The van der Waals surface area contributed by atoms with E-state index in [1.165, 1.54) is 5.56 Å². The summed E-state index contributed by atoms with van der Waals surface area (Å²) in [7, 11) is -1.49. The highest BCUT2D eigenvalue weighted by Crippen LogP contribution is 2.15. The van der Waals surface area contributed by atoms with Crippen LogP contribution in [0.4, 0.5) is 0 Å². The van der Waals surface area contributed by atoms with E-state index >= 15 is 0 Å². The van der Waals surface area contributed by atoms with E-state index in [4.69, 9.17) is 4.74 Å². The van der Waals surface area contributed by atoms with Gasteiger partial charge < -0.3 is 15.4 Å². The molecule has 0 atom stereocenters. The zero-order chi connectivity index (χ0) is 18.2. The van der Waals surface area contributed by atoms with Crippen molar-refractivity contribution in [3.05, 3.63) is 29.8 Å². The van der Waals surface area contributed by atoms with Crippen molar-refractivity contribution in [1.29, 1.82) is 0 Å². The summed E-state index contributed by atoms with van der Waals surface area (Å²) < 4.78 is 29.0. The number of nitrogens with one attached hydrogen (secondary N) is 2.